The van der Waals surface area contributed by atoms with Crippen molar-refractivity contribution in [2.75, 3.05) is 20.7 Å². The number of hydrogen-bond donors (Lipinski definition) is 0. The Morgan fingerprint density at radius 3 is 3.00 bits per heavy atom. The van der Waals surface area contributed by atoms with Gasteiger partial charge in [0.1, 0.15) is 16.9 Å². The number of aromatic nitrogens is 4. The first-order chi connectivity index (χ1) is 12.2. The van der Waals surface area contributed by atoms with E-state index in [0.29, 0.717) is 5.82 Å². The predicted octanol–water partition coefficient (Wildman–Crippen LogP) is 3.00. The summed E-state index contributed by atoms with van der Waals surface area (Å²) in [5, 5.41) is 5.80. The average Bonchev–Trinajstić information content (AvgIpc) is 3.21. The van der Waals surface area contributed by atoms with Crippen molar-refractivity contribution in [3.05, 3.63) is 41.0 Å². The van der Waals surface area contributed by atoms with Gasteiger partial charge < -0.3 is 9.64 Å². The molecule has 1 aromatic carbocycles. The zero-order valence-corrected chi connectivity index (χ0v) is 14.9. The normalized spacial score (nSPS) is 15.0. The fourth-order valence-corrected chi connectivity index (χ4v) is 4.73. The van der Waals surface area contributed by atoms with E-state index in [0.717, 1.165) is 46.7 Å². The van der Waals surface area contributed by atoms with Crippen LogP contribution in [0.5, 0.6) is 5.75 Å². The SMILES string of the molecule is COc1ccccc1-c1nc2c3c4c(sc3ncn2n1)CN(C)CC4. The van der Waals surface area contributed by atoms with Gasteiger partial charge in [-0.05, 0) is 31.2 Å². The van der Waals surface area contributed by atoms with Crippen LogP contribution in [-0.2, 0) is 13.0 Å². The van der Waals surface area contributed by atoms with Gasteiger partial charge in [-0.15, -0.1) is 16.4 Å². The van der Waals surface area contributed by atoms with E-state index in [1.807, 2.05) is 24.3 Å². The van der Waals surface area contributed by atoms with E-state index in [1.54, 1.807) is 29.3 Å². The third-order valence-electron chi connectivity index (χ3n) is 4.72. The van der Waals surface area contributed by atoms with Gasteiger partial charge in [0.25, 0.3) is 0 Å². The molecule has 0 aliphatic carbocycles. The maximum absolute atomic E-state index is 5.46. The molecule has 4 heterocycles. The molecule has 0 bridgehead atoms. The van der Waals surface area contributed by atoms with Crippen LogP contribution in [0.2, 0.25) is 0 Å². The first-order valence-corrected chi connectivity index (χ1v) is 9.04. The summed E-state index contributed by atoms with van der Waals surface area (Å²) in [5.74, 6) is 1.44. The smallest absolute Gasteiger partial charge is 0.185 e. The summed E-state index contributed by atoms with van der Waals surface area (Å²) in [6, 6.07) is 7.83. The Bertz CT molecular complexity index is 1100. The summed E-state index contributed by atoms with van der Waals surface area (Å²) in [6.45, 7) is 2.05. The van der Waals surface area contributed by atoms with E-state index in [-0.39, 0.29) is 0 Å². The van der Waals surface area contributed by atoms with Crippen LogP contribution in [0.4, 0.5) is 0 Å². The first-order valence-electron chi connectivity index (χ1n) is 8.22. The third kappa shape index (κ3) is 2.23. The number of rotatable bonds is 2. The van der Waals surface area contributed by atoms with Crippen molar-refractivity contribution in [2.45, 2.75) is 13.0 Å². The monoisotopic (exact) mass is 351 g/mol. The minimum atomic E-state index is 0.666. The molecule has 3 aromatic heterocycles. The zero-order valence-electron chi connectivity index (χ0n) is 14.1. The molecular formula is C18H17N5OS. The standard InChI is InChI=1S/C18H17N5OS/c1-22-8-7-12-14(9-22)25-18-15(12)17-20-16(21-23(17)10-19-18)11-5-3-4-6-13(11)24-2/h3-6,10H,7-9H2,1-2H3. The van der Waals surface area contributed by atoms with Crippen LogP contribution in [0.3, 0.4) is 0 Å². The molecule has 1 aliphatic heterocycles. The van der Waals surface area contributed by atoms with E-state index in [4.69, 9.17) is 9.72 Å². The van der Waals surface area contributed by atoms with E-state index >= 15 is 0 Å². The number of fused-ring (bicyclic) bond motifs is 5. The second kappa shape index (κ2) is 5.50. The highest BCUT2D eigenvalue weighted by molar-refractivity contribution is 7.19. The quantitative estimate of drug-likeness (QED) is 0.556. The van der Waals surface area contributed by atoms with Crippen molar-refractivity contribution in [1.82, 2.24) is 24.5 Å². The predicted molar refractivity (Wildman–Crippen MR) is 98.2 cm³/mol. The summed E-state index contributed by atoms with van der Waals surface area (Å²) in [7, 11) is 3.83. The Balaban J connectivity index is 1.76. The molecule has 4 aromatic rings. The van der Waals surface area contributed by atoms with Crippen LogP contribution in [-0.4, -0.2) is 45.2 Å². The summed E-state index contributed by atoms with van der Waals surface area (Å²) < 4.78 is 7.25. The molecule has 6 nitrogen and oxygen atoms in total. The Morgan fingerprint density at radius 1 is 1.24 bits per heavy atom. The maximum atomic E-state index is 5.46. The molecule has 126 valence electrons. The Hall–Kier alpha value is -2.51. The van der Waals surface area contributed by atoms with Gasteiger partial charge in [0.2, 0.25) is 0 Å². The second-order valence-electron chi connectivity index (χ2n) is 6.32. The number of para-hydroxylation sites is 1. The summed E-state index contributed by atoms with van der Waals surface area (Å²) in [6.07, 6.45) is 2.79. The van der Waals surface area contributed by atoms with E-state index < -0.39 is 0 Å². The highest BCUT2D eigenvalue weighted by Gasteiger charge is 2.23. The summed E-state index contributed by atoms with van der Waals surface area (Å²) in [4.78, 5) is 14.3. The van der Waals surface area contributed by atoms with Crippen LogP contribution >= 0.6 is 11.3 Å². The Labute approximate surface area is 148 Å². The molecule has 5 rings (SSSR count). The Kier molecular flexibility index (Phi) is 3.26. The van der Waals surface area contributed by atoms with Crippen molar-refractivity contribution in [3.63, 3.8) is 0 Å². The van der Waals surface area contributed by atoms with E-state index in [2.05, 4.69) is 22.0 Å². The summed E-state index contributed by atoms with van der Waals surface area (Å²) >= 11 is 1.77. The molecule has 0 saturated carbocycles. The van der Waals surface area contributed by atoms with Crippen LogP contribution in [0, 0.1) is 0 Å². The van der Waals surface area contributed by atoms with Gasteiger partial charge in [0.05, 0.1) is 18.1 Å². The van der Waals surface area contributed by atoms with Crippen molar-refractivity contribution in [3.8, 4) is 17.1 Å². The first kappa shape index (κ1) is 14.8. The van der Waals surface area contributed by atoms with Crippen molar-refractivity contribution < 1.29 is 4.74 Å². The number of likely N-dealkylation sites (N-methyl/N-ethyl adjacent to an activating group) is 1. The van der Waals surface area contributed by atoms with Crippen molar-refractivity contribution in [2.24, 2.45) is 0 Å². The Morgan fingerprint density at radius 2 is 2.12 bits per heavy atom. The molecule has 0 atom stereocenters. The number of hydrogen-bond acceptors (Lipinski definition) is 6. The molecule has 7 heteroatoms. The minimum absolute atomic E-state index is 0.666. The lowest BCUT2D eigenvalue weighted by Gasteiger charge is -2.21. The van der Waals surface area contributed by atoms with Gasteiger partial charge in [-0.2, -0.15) is 0 Å². The molecular weight excluding hydrogens is 334 g/mol. The molecule has 25 heavy (non-hydrogen) atoms. The topological polar surface area (TPSA) is 55.6 Å². The molecule has 0 amide bonds. The number of thiophene rings is 1. The van der Waals surface area contributed by atoms with Crippen LogP contribution in [0.25, 0.3) is 27.3 Å². The number of ether oxygens (including phenoxy) is 1. The van der Waals surface area contributed by atoms with Gasteiger partial charge in [-0.25, -0.2) is 14.5 Å². The van der Waals surface area contributed by atoms with E-state index in [1.165, 1.54) is 10.4 Å². The van der Waals surface area contributed by atoms with Gasteiger partial charge >= 0.3 is 0 Å². The number of nitrogens with zero attached hydrogens (tertiary/aromatic N) is 5. The van der Waals surface area contributed by atoms with Crippen LogP contribution in [0.15, 0.2) is 30.6 Å². The van der Waals surface area contributed by atoms with Gasteiger partial charge in [0.15, 0.2) is 11.5 Å². The lowest BCUT2D eigenvalue weighted by Crippen LogP contribution is -2.25. The maximum Gasteiger partial charge on any atom is 0.185 e. The molecule has 0 saturated heterocycles. The highest BCUT2D eigenvalue weighted by atomic mass is 32.1. The van der Waals surface area contributed by atoms with E-state index in [9.17, 15) is 0 Å². The lowest BCUT2D eigenvalue weighted by atomic mass is 10.1. The third-order valence-corrected chi connectivity index (χ3v) is 5.84. The van der Waals surface area contributed by atoms with Crippen LogP contribution < -0.4 is 4.74 Å². The second-order valence-corrected chi connectivity index (χ2v) is 7.40. The molecule has 0 N–H and O–H groups in total. The van der Waals surface area contributed by atoms with Gasteiger partial charge in [0, 0.05) is 18.0 Å². The van der Waals surface area contributed by atoms with Crippen molar-refractivity contribution >= 4 is 27.2 Å². The number of benzene rings is 1. The fourth-order valence-electron chi connectivity index (χ4n) is 3.46. The minimum Gasteiger partial charge on any atom is -0.496 e. The molecule has 0 radical (unpaired) electrons. The lowest BCUT2D eigenvalue weighted by molar-refractivity contribution is 0.318. The average molecular weight is 351 g/mol. The number of methoxy groups -OCH3 is 1. The molecule has 0 unspecified atom stereocenters. The zero-order chi connectivity index (χ0) is 17.0. The molecule has 1 aliphatic rings. The van der Waals surface area contributed by atoms with Gasteiger partial charge in [-0.1, -0.05) is 12.1 Å². The largest absolute Gasteiger partial charge is 0.496 e. The van der Waals surface area contributed by atoms with Gasteiger partial charge in [-0.3, -0.25) is 0 Å². The summed E-state index contributed by atoms with van der Waals surface area (Å²) in [5.41, 5.74) is 3.16. The molecule has 0 fully saturated rings. The molecule has 0 spiro atoms. The van der Waals surface area contributed by atoms with Crippen LogP contribution in [0.1, 0.15) is 10.4 Å². The highest BCUT2D eigenvalue weighted by Crippen LogP contribution is 2.36. The fraction of sp³-hybridized carbons (Fsp3) is 0.278. The van der Waals surface area contributed by atoms with Crippen molar-refractivity contribution in [1.29, 1.82) is 0 Å².